The third-order valence-corrected chi connectivity index (χ3v) is 4.48. The van der Waals surface area contributed by atoms with Gasteiger partial charge in [0, 0.05) is 5.69 Å². The number of nitrogens with two attached hydrogens (primary N) is 1. The van der Waals surface area contributed by atoms with Gasteiger partial charge in [0.25, 0.3) is 5.91 Å². The van der Waals surface area contributed by atoms with E-state index < -0.39 is 23.5 Å². The van der Waals surface area contributed by atoms with Crippen molar-refractivity contribution in [3.05, 3.63) is 29.3 Å². The molecular formula is C18H23N3O3. The Morgan fingerprint density at radius 1 is 1.33 bits per heavy atom. The summed E-state index contributed by atoms with van der Waals surface area (Å²) in [5, 5.41) is 12.2. The lowest BCUT2D eigenvalue weighted by Crippen LogP contribution is -2.52. The summed E-state index contributed by atoms with van der Waals surface area (Å²) in [6.07, 6.45) is 3.13. The molecule has 0 radical (unpaired) electrons. The second kappa shape index (κ2) is 7.35. The topological polar surface area (TPSA) is 105 Å². The van der Waals surface area contributed by atoms with Gasteiger partial charge in [0.05, 0.1) is 11.6 Å². The predicted molar refractivity (Wildman–Crippen MR) is 90.0 cm³/mol. The molecule has 1 aromatic carbocycles. The third-order valence-electron chi connectivity index (χ3n) is 4.48. The van der Waals surface area contributed by atoms with Gasteiger partial charge >= 0.3 is 5.97 Å². The van der Waals surface area contributed by atoms with Gasteiger partial charge < -0.3 is 15.8 Å². The van der Waals surface area contributed by atoms with Crippen molar-refractivity contribution in [3.8, 4) is 6.07 Å². The van der Waals surface area contributed by atoms with Gasteiger partial charge in [-0.25, -0.2) is 4.79 Å². The third kappa shape index (κ3) is 3.85. The molecule has 1 amide bonds. The standard InChI is InChI=1S/C18H23N3O3/c1-12-7-6-8-14(15(12)20)17(23)24-13(2)16(22)21-18(11-19)9-4-3-5-10-18/h6-8,13H,3-5,9-10,20H2,1-2H3,(H,21,22)/t13-/m1/s1. The SMILES string of the molecule is Cc1cccc(C(=O)O[C@H](C)C(=O)NC2(C#N)CCCCC2)c1N. The Morgan fingerprint density at radius 2 is 2.00 bits per heavy atom. The van der Waals surface area contributed by atoms with Crippen molar-refractivity contribution in [2.24, 2.45) is 0 Å². The van der Waals surface area contributed by atoms with Crippen molar-refractivity contribution in [3.63, 3.8) is 0 Å². The zero-order chi connectivity index (χ0) is 17.7. The van der Waals surface area contributed by atoms with Crippen molar-refractivity contribution in [1.29, 1.82) is 5.26 Å². The number of aryl methyl sites for hydroxylation is 1. The maximum Gasteiger partial charge on any atom is 0.341 e. The van der Waals surface area contributed by atoms with Gasteiger partial charge in [-0.3, -0.25) is 4.79 Å². The molecule has 0 saturated heterocycles. The highest BCUT2D eigenvalue weighted by molar-refractivity contribution is 5.97. The molecule has 1 aliphatic carbocycles. The Hall–Kier alpha value is -2.55. The molecule has 24 heavy (non-hydrogen) atoms. The van der Waals surface area contributed by atoms with Crippen LogP contribution in [0.25, 0.3) is 0 Å². The Labute approximate surface area is 142 Å². The van der Waals surface area contributed by atoms with Crippen LogP contribution in [-0.4, -0.2) is 23.5 Å². The molecule has 0 spiro atoms. The summed E-state index contributed by atoms with van der Waals surface area (Å²) in [4.78, 5) is 24.6. The quantitative estimate of drug-likeness (QED) is 0.652. The van der Waals surface area contributed by atoms with Gasteiger partial charge in [-0.15, -0.1) is 0 Å². The van der Waals surface area contributed by atoms with E-state index in [-0.39, 0.29) is 5.56 Å². The van der Waals surface area contributed by atoms with Gasteiger partial charge in [-0.1, -0.05) is 31.4 Å². The molecule has 6 heteroatoms. The number of benzene rings is 1. The van der Waals surface area contributed by atoms with Crippen LogP contribution >= 0.6 is 0 Å². The molecular weight excluding hydrogens is 306 g/mol. The average Bonchev–Trinajstić information content (AvgIpc) is 2.58. The second-order valence-electron chi connectivity index (χ2n) is 6.33. The monoisotopic (exact) mass is 329 g/mol. The smallest absolute Gasteiger partial charge is 0.341 e. The number of ether oxygens (including phenoxy) is 1. The number of anilines is 1. The minimum atomic E-state index is -0.996. The van der Waals surface area contributed by atoms with Crippen LogP contribution in [0.1, 0.15) is 54.9 Å². The highest BCUT2D eigenvalue weighted by Crippen LogP contribution is 2.27. The molecule has 0 heterocycles. The first-order chi connectivity index (χ1) is 11.4. The highest BCUT2D eigenvalue weighted by atomic mass is 16.5. The summed E-state index contributed by atoms with van der Waals surface area (Å²) in [6.45, 7) is 3.29. The van der Waals surface area contributed by atoms with Crippen LogP contribution < -0.4 is 11.1 Å². The van der Waals surface area contributed by atoms with E-state index in [2.05, 4.69) is 11.4 Å². The molecule has 2 rings (SSSR count). The van der Waals surface area contributed by atoms with E-state index in [1.807, 2.05) is 0 Å². The Kier molecular flexibility index (Phi) is 5.45. The molecule has 0 unspecified atom stereocenters. The number of hydrogen-bond donors (Lipinski definition) is 2. The number of para-hydroxylation sites is 1. The van der Waals surface area contributed by atoms with Crippen LogP contribution in [0.5, 0.6) is 0 Å². The number of esters is 1. The van der Waals surface area contributed by atoms with Crippen molar-refractivity contribution in [2.45, 2.75) is 57.6 Å². The van der Waals surface area contributed by atoms with Crippen LogP contribution in [-0.2, 0) is 9.53 Å². The Bertz CT molecular complexity index is 673. The van der Waals surface area contributed by atoms with Crippen LogP contribution in [0.2, 0.25) is 0 Å². The fourth-order valence-corrected chi connectivity index (χ4v) is 2.89. The first-order valence-corrected chi connectivity index (χ1v) is 8.18. The number of hydrogen-bond acceptors (Lipinski definition) is 5. The van der Waals surface area contributed by atoms with Crippen molar-refractivity contribution in [2.75, 3.05) is 5.73 Å². The molecule has 0 aromatic heterocycles. The van der Waals surface area contributed by atoms with E-state index in [1.165, 1.54) is 6.92 Å². The van der Waals surface area contributed by atoms with Gasteiger partial charge in [0.15, 0.2) is 6.10 Å². The van der Waals surface area contributed by atoms with E-state index in [0.29, 0.717) is 18.5 Å². The second-order valence-corrected chi connectivity index (χ2v) is 6.33. The number of carbonyl (C=O) groups excluding carboxylic acids is 2. The summed E-state index contributed by atoms with van der Waals surface area (Å²) in [7, 11) is 0. The Morgan fingerprint density at radius 3 is 2.62 bits per heavy atom. The van der Waals surface area contributed by atoms with Crippen molar-refractivity contribution in [1.82, 2.24) is 5.32 Å². The maximum atomic E-state index is 12.3. The summed E-state index contributed by atoms with van der Waals surface area (Å²) in [6, 6.07) is 7.28. The number of rotatable bonds is 4. The van der Waals surface area contributed by atoms with Crippen LogP contribution in [0, 0.1) is 18.3 Å². The van der Waals surface area contributed by atoms with Gasteiger partial charge in [-0.05, 0) is 38.3 Å². The van der Waals surface area contributed by atoms with E-state index in [9.17, 15) is 14.9 Å². The minimum absolute atomic E-state index is 0.238. The number of nitrogens with one attached hydrogen (secondary N) is 1. The van der Waals surface area contributed by atoms with Crippen molar-refractivity contribution >= 4 is 17.6 Å². The first-order valence-electron chi connectivity index (χ1n) is 8.18. The summed E-state index contributed by atoms with van der Waals surface area (Å²) < 4.78 is 5.22. The lowest BCUT2D eigenvalue weighted by atomic mass is 9.83. The van der Waals surface area contributed by atoms with E-state index in [0.717, 1.165) is 24.8 Å². The van der Waals surface area contributed by atoms with E-state index in [1.54, 1.807) is 25.1 Å². The number of amides is 1. The molecule has 1 atom stereocenters. The zero-order valence-electron chi connectivity index (χ0n) is 14.1. The largest absolute Gasteiger partial charge is 0.449 e. The molecule has 1 fully saturated rings. The molecule has 0 bridgehead atoms. The molecule has 1 aromatic rings. The predicted octanol–water partition coefficient (Wildman–Crippen LogP) is 2.47. The summed E-state index contributed by atoms with van der Waals surface area (Å²) in [5.41, 5.74) is 6.39. The zero-order valence-corrected chi connectivity index (χ0v) is 14.1. The lowest BCUT2D eigenvalue weighted by molar-refractivity contribution is -0.130. The first kappa shape index (κ1) is 17.8. The lowest BCUT2D eigenvalue weighted by Gasteiger charge is -2.32. The minimum Gasteiger partial charge on any atom is -0.449 e. The molecule has 128 valence electrons. The maximum absolute atomic E-state index is 12.3. The number of carbonyl (C=O) groups is 2. The van der Waals surface area contributed by atoms with E-state index >= 15 is 0 Å². The van der Waals surface area contributed by atoms with Crippen LogP contribution in [0.3, 0.4) is 0 Å². The van der Waals surface area contributed by atoms with Gasteiger partial charge in [0.1, 0.15) is 5.54 Å². The highest BCUT2D eigenvalue weighted by Gasteiger charge is 2.35. The summed E-state index contributed by atoms with van der Waals surface area (Å²) >= 11 is 0. The normalized spacial score (nSPS) is 17.4. The van der Waals surface area contributed by atoms with Crippen molar-refractivity contribution < 1.29 is 14.3 Å². The van der Waals surface area contributed by atoms with Gasteiger partial charge in [0.2, 0.25) is 0 Å². The van der Waals surface area contributed by atoms with Crippen LogP contribution in [0.15, 0.2) is 18.2 Å². The Balaban J connectivity index is 2.02. The fraction of sp³-hybridized carbons (Fsp3) is 0.500. The average molecular weight is 329 g/mol. The fourth-order valence-electron chi connectivity index (χ4n) is 2.89. The number of nitrogen functional groups attached to an aromatic ring is 1. The summed E-state index contributed by atoms with van der Waals surface area (Å²) in [5.74, 6) is -1.11. The van der Waals surface area contributed by atoms with E-state index in [4.69, 9.17) is 10.5 Å². The molecule has 1 aliphatic rings. The molecule has 0 aliphatic heterocycles. The number of nitrogens with zero attached hydrogens (tertiary/aromatic N) is 1. The van der Waals surface area contributed by atoms with Gasteiger partial charge in [-0.2, -0.15) is 5.26 Å². The molecule has 1 saturated carbocycles. The molecule has 3 N–H and O–H groups in total. The molecule has 6 nitrogen and oxygen atoms in total. The van der Waals surface area contributed by atoms with Crippen LogP contribution in [0.4, 0.5) is 5.69 Å². The number of nitriles is 1.